The number of amides is 3. The number of nitrogens with zero attached hydrogens (tertiary/aromatic N) is 2. The first kappa shape index (κ1) is 32.0. The number of carbonyl (C=O) groups excluding carboxylic acids is 2. The molecule has 2 rings (SSSR count). The summed E-state index contributed by atoms with van der Waals surface area (Å²) in [6.07, 6.45) is -1.56. The van der Waals surface area contributed by atoms with E-state index in [4.69, 9.17) is 5.73 Å². The number of nitrogen functional groups attached to an aromatic ring is 1. The molecule has 216 valence electrons. The molecule has 6 nitrogen and oxygen atoms in total. The van der Waals surface area contributed by atoms with Crippen LogP contribution in [0.25, 0.3) is 0 Å². The summed E-state index contributed by atoms with van der Waals surface area (Å²) in [6, 6.07) is 4.73. The van der Waals surface area contributed by atoms with E-state index in [0.717, 1.165) is 44.1 Å². The molecule has 1 fully saturated rings. The second-order valence-electron chi connectivity index (χ2n) is 10.3. The number of urea groups is 1. The smallest absolute Gasteiger partial charge is 0.399 e. The maximum Gasteiger partial charge on any atom is 0.453 e. The summed E-state index contributed by atoms with van der Waals surface area (Å²) in [7, 11) is -1.40. The summed E-state index contributed by atoms with van der Waals surface area (Å²) >= 11 is 0. The van der Waals surface area contributed by atoms with E-state index < -0.39 is 41.3 Å². The van der Waals surface area contributed by atoms with Crippen molar-refractivity contribution in [3.63, 3.8) is 0 Å². The van der Waals surface area contributed by atoms with E-state index in [9.17, 15) is 35.8 Å². The van der Waals surface area contributed by atoms with E-state index in [-0.39, 0.29) is 17.7 Å². The number of rotatable bonds is 15. The molecule has 1 unspecified atom stereocenters. The molecule has 0 bridgehead atoms. The number of alkyl halides is 5. The second-order valence-corrected chi connectivity index (χ2v) is 12.0. The van der Waals surface area contributed by atoms with Gasteiger partial charge in [-0.25, -0.2) is 9.69 Å². The molecule has 1 aliphatic rings. The van der Waals surface area contributed by atoms with E-state index in [1.165, 1.54) is 4.90 Å². The first-order valence-electron chi connectivity index (χ1n) is 12.9. The monoisotopic (exact) mass is 567 g/mol. The van der Waals surface area contributed by atoms with Gasteiger partial charge in [0.25, 0.3) is 5.91 Å². The van der Waals surface area contributed by atoms with Crippen LogP contribution in [0.1, 0.15) is 77.2 Å². The van der Waals surface area contributed by atoms with Crippen LogP contribution in [0.15, 0.2) is 18.2 Å². The van der Waals surface area contributed by atoms with Crippen LogP contribution in [0.4, 0.5) is 38.1 Å². The maximum atomic E-state index is 13.1. The molecule has 0 aromatic heterocycles. The van der Waals surface area contributed by atoms with Crippen molar-refractivity contribution < 1.29 is 35.8 Å². The topological polar surface area (TPSA) is 83.7 Å². The third-order valence-electron chi connectivity index (χ3n) is 6.87. The Labute approximate surface area is 223 Å². The number of halogens is 5. The molecule has 1 heterocycles. The summed E-state index contributed by atoms with van der Waals surface area (Å²) in [5.74, 6) is -4.88. The Morgan fingerprint density at radius 2 is 1.45 bits per heavy atom. The van der Waals surface area contributed by atoms with Gasteiger partial charge < -0.3 is 10.6 Å². The highest BCUT2D eigenvalue weighted by atomic mass is 32.2. The number of unbranched alkanes of at least 4 members (excludes halogenated alkanes) is 6. The van der Waals surface area contributed by atoms with Gasteiger partial charge in [0.1, 0.15) is 5.54 Å². The van der Waals surface area contributed by atoms with Crippen molar-refractivity contribution in [3.8, 4) is 0 Å². The van der Waals surface area contributed by atoms with E-state index in [1.807, 2.05) is 6.92 Å². The third-order valence-corrected chi connectivity index (χ3v) is 8.35. The van der Waals surface area contributed by atoms with Crippen molar-refractivity contribution in [1.82, 2.24) is 4.90 Å². The zero-order valence-corrected chi connectivity index (χ0v) is 23.0. The van der Waals surface area contributed by atoms with Crippen molar-refractivity contribution in [2.24, 2.45) is 0 Å². The van der Waals surface area contributed by atoms with Gasteiger partial charge in [-0.1, -0.05) is 32.1 Å². The molecule has 1 aliphatic heterocycles. The number of imide groups is 1. The Hall–Kier alpha value is -2.24. The van der Waals surface area contributed by atoms with Crippen LogP contribution in [0, 0.1) is 6.92 Å². The lowest BCUT2D eigenvalue weighted by molar-refractivity contribution is -0.284. The van der Waals surface area contributed by atoms with Crippen LogP contribution >= 0.6 is 0 Å². The van der Waals surface area contributed by atoms with E-state index in [1.54, 1.807) is 36.9 Å². The molecule has 1 saturated heterocycles. The van der Waals surface area contributed by atoms with Crippen LogP contribution in [-0.2, 0) is 15.6 Å². The largest absolute Gasteiger partial charge is 0.453 e. The number of aryl methyl sites for hydroxylation is 1. The lowest BCUT2D eigenvalue weighted by atomic mass is 10.0. The highest BCUT2D eigenvalue weighted by Crippen LogP contribution is 2.39. The fourth-order valence-electron chi connectivity index (χ4n) is 4.35. The second kappa shape index (κ2) is 13.2. The highest BCUT2D eigenvalue weighted by molar-refractivity contribution is 7.84. The van der Waals surface area contributed by atoms with Crippen LogP contribution in [0.2, 0.25) is 0 Å². The first-order valence-corrected chi connectivity index (χ1v) is 14.4. The number of hydrogen-bond acceptors (Lipinski definition) is 4. The summed E-state index contributed by atoms with van der Waals surface area (Å²) in [6.45, 7) is 5.75. The number of nitrogens with two attached hydrogens (primary N) is 1. The van der Waals surface area contributed by atoms with Gasteiger partial charge in [-0.15, -0.1) is 0 Å². The van der Waals surface area contributed by atoms with Crippen molar-refractivity contribution >= 4 is 34.1 Å². The fraction of sp³-hybridized carbons (Fsp3) is 0.692. The van der Waals surface area contributed by atoms with Crippen molar-refractivity contribution in [1.29, 1.82) is 0 Å². The minimum absolute atomic E-state index is 0.158. The zero-order chi connectivity index (χ0) is 28.7. The van der Waals surface area contributed by atoms with Gasteiger partial charge >= 0.3 is 18.1 Å². The Balaban J connectivity index is 1.63. The molecule has 0 radical (unpaired) electrons. The molecular formula is C26H38F5N3O3S. The van der Waals surface area contributed by atoms with Crippen molar-refractivity contribution in [2.75, 3.05) is 28.7 Å². The van der Waals surface area contributed by atoms with E-state index >= 15 is 0 Å². The molecule has 2 N–H and O–H groups in total. The van der Waals surface area contributed by atoms with E-state index in [0.29, 0.717) is 30.1 Å². The summed E-state index contributed by atoms with van der Waals surface area (Å²) in [4.78, 5) is 28.9. The van der Waals surface area contributed by atoms with Crippen LogP contribution in [0.5, 0.6) is 0 Å². The van der Waals surface area contributed by atoms with Gasteiger partial charge in [-0.05, 0) is 63.8 Å². The van der Waals surface area contributed by atoms with Crippen LogP contribution < -0.4 is 10.6 Å². The number of hydrogen-bond donors (Lipinski definition) is 1. The van der Waals surface area contributed by atoms with Gasteiger partial charge in [0.2, 0.25) is 0 Å². The molecule has 1 atom stereocenters. The molecule has 3 amide bonds. The minimum atomic E-state index is -5.57. The van der Waals surface area contributed by atoms with Gasteiger partial charge in [-0.3, -0.25) is 9.00 Å². The Kier molecular flexibility index (Phi) is 11.1. The quantitative estimate of drug-likeness (QED) is 0.112. The number of carbonyl (C=O) groups is 2. The molecular weight excluding hydrogens is 529 g/mol. The van der Waals surface area contributed by atoms with Gasteiger partial charge in [0.15, 0.2) is 0 Å². The summed E-state index contributed by atoms with van der Waals surface area (Å²) in [5.41, 5.74) is 6.78. The molecule has 38 heavy (non-hydrogen) atoms. The fourth-order valence-corrected chi connectivity index (χ4v) is 5.55. The summed E-state index contributed by atoms with van der Waals surface area (Å²) in [5, 5.41) is 0. The lowest BCUT2D eigenvalue weighted by Gasteiger charge is -2.27. The normalized spacial score (nSPS) is 16.9. The summed E-state index contributed by atoms with van der Waals surface area (Å²) < 4.78 is 74.0. The Bertz CT molecular complexity index is 1000. The highest BCUT2D eigenvalue weighted by Gasteiger charge is 2.56. The SMILES string of the molecule is Cc1cc(N2C(=O)N(CCCCCCCCCS(=O)CCCC(F)(F)C(F)(F)F)C(C)(C)C2=O)ccc1N. The average molecular weight is 568 g/mol. The van der Waals surface area contributed by atoms with Gasteiger partial charge in [0.05, 0.1) is 5.69 Å². The predicted molar refractivity (Wildman–Crippen MR) is 140 cm³/mol. The lowest BCUT2D eigenvalue weighted by Crippen LogP contribution is -2.44. The number of anilines is 2. The van der Waals surface area contributed by atoms with Gasteiger partial charge in [0, 0.05) is 41.0 Å². The predicted octanol–water partition coefficient (Wildman–Crippen LogP) is 6.58. The molecule has 0 spiro atoms. The van der Waals surface area contributed by atoms with Crippen LogP contribution in [-0.4, -0.2) is 56.7 Å². The van der Waals surface area contributed by atoms with E-state index in [2.05, 4.69) is 0 Å². The zero-order valence-electron chi connectivity index (χ0n) is 22.2. The Morgan fingerprint density at radius 1 is 0.895 bits per heavy atom. The van der Waals surface area contributed by atoms with Crippen molar-refractivity contribution in [2.45, 2.75) is 96.2 Å². The minimum Gasteiger partial charge on any atom is -0.399 e. The number of benzene rings is 1. The standard InChI is InChI=1S/C26H38F5N3O3S/c1-19-18-20(12-13-21(19)32)34-22(35)24(2,3)33(23(34)36)15-9-7-5-4-6-8-10-16-38(37)17-11-14-25(27,28)26(29,30)31/h12-13,18H,4-11,14-17,32H2,1-3H3. The molecule has 1 aromatic rings. The maximum absolute atomic E-state index is 13.1. The van der Waals surface area contributed by atoms with Gasteiger partial charge in [-0.2, -0.15) is 22.0 Å². The van der Waals surface area contributed by atoms with Crippen molar-refractivity contribution in [3.05, 3.63) is 23.8 Å². The Morgan fingerprint density at radius 3 is 2.03 bits per heavy atom. The molecule has 1 aromatic carbocycles. The van der Waals surface area contributed by atoms with Crippen LogP contribution in [0.3, 0.4) is 0 Å². The first-order chi connectivity index (χ1) is 17.6. The third kappa shape index (κ3) is 8.13. The molecule has 12 heteroatoms. The molecule has 0 saturated carbocycles. The average Bonchev–Trinajstić information content (AvgIpc) is 2.97. The molecule has 0 aliphatic carbocycles.